The summed E-state index contributed by atoms with van der Waals surface area (Å²) in [6, 6.07) is 14.6. The van der Waals surface area contributed by atoms with E-state index in [1.54, 1.807) is 19.2 Å². The van der Waals surface area contributed by atoms with Crippen LogP contribution in [0.5, 0.6) is 17.2 Å². The van der Waals surface area contributed by atoms with Crippen LogP contribution in [0.25, 0.3) is 0 Å². The maximum Gasteiger partial charge on any atom is 0.119 e. The smallest absolute Gasteiger partial charge is 0.119 e. The molecule has 140 valence electrons. The van der Waals surface area contributed by atoms with Crippen molar-refractivity contribution in [2.45, 2.75) is 6.10 Å². The summed E-state index contributed by atoms with van der Waals surface area (Å²) in [6.45, 7) is 4.44. The van der Waals surface area contributed by atoms with Crippen molar-refractivity contribution < 1.29 is 19.7 Å². The average molecular weight is 358 g/mol. The first kappa shape index (κ1) is 18.4. The number of methoxy groups -OCH3 is 1. The second-order valence-corrected chi connectivity index (χ2v) is 6.44. The average Bonchev–Trinajstić information content (AvgIpc) is 2.68. The second kappa shape index (κ2) is 8.78. The molecule has 0 amide bonds. The van der Waals surface area contributed by atoms with Crippen molar-refractivity contribution in [2.75, 3.05) is 51.3 Å². The number of phenols is 1. The lowest BCUT2D eigenvalue weighted by molar-refractivity contribution is 0.0663. The van der Waals surface area contributed by atoms with Gasteiger partial charge in [-0.05, 0) is 48.5 Å². The number of aliphatic hydroxyl groups is 1. The van der Waals surface area contributed by atoms with E-state index < -0.39 is 6.10 Å². The summed E-state index contributed by atoms with van der Waals surface area (Å²) in [5.41, 5.74) is 1.12. The number of piperazine rings is 1. The predicted octanol–water partition coefficient (Wildman–Crippen LogP) is 1.96. The Bertz CT molecular complexity index is 667. The molecule has 1 saturated heterocycles. The lowest BCUT2D eigenvalue weighted by Gasteiger charge is -2.36. The van der Waals surface area contributed by atoms with E-state index in [-0.39, 0.29) is 12.4 Å². The molecule has 0 radical (unpaired) electrons. The highest BCUT2D eigenvalue weighted by atomic mass is 16.5. The maximum absolute atomic E-state index is 10.2. The molecule has 0 aliphatic carbocycles. The van der Waals surface area contributed by atoms with Gasteiger partial charge in [-0.15, -0.1) is 0 Å². The summed E-state index contributed by atoms with van der Waals surface area (Å²) >= 11 is 0. The molecule has 0 bridgehead atoms. The van der Waals surface area contributed by atoms with Gasteiger partial charge in [-0.2, -0.15) is 0 Å². The maximum atomic E-state index is 10.2. The van der Waals surface area contributed by atoms with Crippen LogP contribution in [0.3, 0.4) is 0 Å². The molecule has 26 heavy (non-hydrogen) atoms. The topological polar surface area (TPSA) is 65.4 Å². The lowest BCUT2D eigenvalue weighted by atomic mass is 10.2. The van der Waals surface area contributed by atoms with Gasteiger partial charge in [0.2, 0.25) is 0 Å². The molecule has 3 rings (SSSR count). The predicted molar refractivity (Wildman–Crippen MR) is 101 cm³/mol. The fraction of sp³-hybridized carbons (Fsp3) is 0.400. The van der Waals surface area contributed by atoms with Crippen molar-refractivity contribution in [2.24, 2.45) is 0 Å². The Labute approximate surface area is 154 Å². The van der Waals surface area contributed by atoms with Gasteiger partial charge in [0.1, 0.15) is 30.0 Å². The Morgan fingerprint density at radius 2 is 1.54 bits per heavy atom. The van der Waals surface area contributed by atoms with Gasteiger partial charge in [-0.3, -0.25) is 4.90 Å². The van der Waals surface area contributed by atoms with Crippen molar-refractivity contribution in [1.82, 2.24) is 4.90 Å². The zero-order valence-electron chi connectivity index (χ0n) is 15.0. The fourth-order valence-electron chi connectivity index (χ4n) is 3.07. The van der Waals surface area contributed by atoms with Crippen LogP contribution >= 0.6 is 0 Å². The first-order chi connectivity index (χ1) is 12.6. The van der Waals surface area contributed by atoms with Crippen LogP contribution in [0.15, 0.2) is 48.5 Å². The number of nitrogens with zero attached hydrogens (tertiary/aromatic N) is 2. The number of hydrogen-bond donors (Lipinski definition) is 2. The number of rotatable bonds is 7. The highest BCUT2D eigenvalue weighted by Gasteiger charge is 2.19. The fourth-order valence-corrected chi connectivity index (χ4v) is 3.07. The number of benzene rings is 2. The molecule has 0 aromatic heterocycles. The van der Waals surface area contributed by atoms with Crippen LogP contribution in [0.4, 0.5) is 5.69 Å². The molecule has 2 aromatic rings. The number of phenolic OH excluding ortho intramolecular Hbond substituents is 1. The molecule has 2 aromatic carbocycles. The molecule has 2 N–H and O–H groups in total. The van der Waals surface area contributed by atoms with Crippen LogP contribution in [-0.2, 0) is 0 Å². The number of β-amino-alcohol motifs (C(OH)–C–C–N with tert-alkyl or cyclic N) is 1. The highest BCUT2D eigenvalue weighted by Crippen LogP contribution is 2.20. The van der Waals surface area contributed by atoms with Crippen LogP contribution in [-0.4, -0.2) is 67.7 Å². The molecule has 1 aliphatic rings. The minimum Gasteiger partial charge on any atom is -0.508 e. The molecule has 6 heteroatoms. The quantitative estimate of drug-likeness (QED) is 0.789. The number of hydrogen-bond acceptors (Lipinski definition) is 6. The molecule has 0 saturated carbocycles. The second-order valence-electron chi connectivity index (χ2n) is 6.44. The van der Waals surface area contributed by atoms with Crippen molar-refractivity contribution in [3.63, 3.8) is 0 Å². The van der Waals surface area contributed by atoms with Gasteiger partial charge < -0.3 is 24.6 Å². The summed E-state index contributed by atoms with van der Waals surface area (Å²) in [4.78, 5) is 4.54. The Hall–Kier alpha value is -2.44. The monoisotopic (exact) mass is 358 g/mol. The van der Waals surface area contributed by atoms with Gasteiger partial charge in [0.05, 0.1) is 7.11 Å². The molecule has 1 aliphatic heterocycles. The highest BCUT2D eigenvalue weighted by molar-refractivity contribution is 5.49. The van der Waals surface area contributed by atoms with E-state index >= 15 is 0 Å². The van der Waals surface area contributed by atoms with E-state index in [0.717, 1.165) is 43.4 Å². The number of ether oxygens (including phenoxy) is 2. The van der Waals surface area contributed by atoms with Crippen molar-refractivity contribution in [1.29, 1.82) is 0 Å². The van der Waals surface area contributed by atoms with Crippen molar-refractivity contribution in [3.8, 4) is 17.2 Å². The third-order valence-corrected chi connectivity index (χ3v) is 4.56. The third kappa shape index (κ3) is 5.03. The van der Waals surface area contributed by atoms with Crippen LogP contribution < -0.4 is 14.4 Å². The Morgan fingerprint density at radius 3 is 2.15 bits per heavy atom. The van der Waals surface area contributed by atoms with Gasteiger partial charge >= 0.3 is 0 Å². The minimum absolute atomic E-state index is 0.268. The molecule has 1 heterocycles. The molecular formula is C20H26N2O4. The van der Waals surface area contributed by atoms with Crippen molar-refractivity contribution in [3.05, 3.63) is 48.5 Å². The Morgan fingerprint density at radius 1 is 0.923 bits per heavy atom. The van der Waals surface area contributed by atoms with Crippen LogP contribution in [0, 0.1) is 0 Å². The summed E-state index contributed by atoms with van der Waals surface area (Å²) in [5, 5.41) is 19.6. The van der Waals surface area contributed by atoms with E-state index in [2.05, 4.69) is 9.80 Å². The van der Waals surface area contributed by atoms with Gasteiger partial charge in [0.25, 0.3) is 0 Å². The summed E-state index contributed by atoms with van der Waals surface area (Å²) in [6.07, 6.45) is -0.530. The van der Waals surface area contributed by atoms with Gasteiger partial charge in [0, 0.05) is 38.4 Å². The van der Waals surface area contributed by atoms with Crippen LogP contribution in [0.2, 0.25) is 0 Å². The molecule has 1 atom stereocenters. The normalized spacial score (nSPS) is 16.3. The first-order valence-electron chi connectivity index (χ1n) is 8.85. The SMILES string of the molecule is COc1ccc(OCC(O)CN2CCN(c3ccc(O)cc3)CC2)cc1. The Kier molecular flexibility index (Phi) is 6.20. The van der Waals surface area contributed by atoms with Gasteiger partial charge in [0.15, 0.2) is 0 Å². The molecule has 6 nitrogen and oxygen atoms in total. The minimum atomic E-state index is -0.530. The summed E-state index contributed by atoms with van der Waals surface area (Å²) in [7, 11) is 1.63. The van der Waals surface area contributed by atoms with E-state index in [0.29, 0.717) is 6.54 Å². The Balaban J connectivity index is 1.40. The third-order valence-electron chi connectivity index (χ3n) is 4.56. The zero-order valence-corrected chi connectivity index (χ0v) is 15.0. The largest absolute Gasteiger partial charge is 0.508 e. The zero-order chi connectivity index (χ0) is 18.4. The number of anilines is 1. The number of aromatic hydroxyl groups is 1. The van der Waals surface area contributed by atoms with E-state index in [4.69, 9.17) is 9.47 Å². The van der Waals surface area contributed by atoms with E-state index in [1.165, 1.54) is 0 Å². The number of aliphatic hydroxyl groups excluding tert-OH is 1. The van der Waals surface area contributed by atoms with Gasteiger partial charge in [-0.1, -0.05) is 0 Å². The summed E-state index contributed by atoms with van der Waals surface area (Å²) in [5.74, 6) is 1.79. The van der Waals surface area contributed by atoms with E-state index in [1.807, 2.05) is 36.4 Å². The standard InChI is InChI=1S/C20H26N2O4/c1-25-19-6-8-20(9-7-19)26-15-18(24)14-21-10-12-22(13-11-21)16-2-4-17(23)5-3-16/h2-9,18,23-24H,10-15H2,1H3. The summed E-state index contributed by atoms with van der Waals surface area (Å²) < 4.78 is 10.8. The van der Waals surface area contributed by atoms with E-state index in [9.17, 15) is 10.2 Å². The lowest BCUT2D eigenvalue weighted by Crippen LogP contribution is -2.49. The molecule has 1 unspecified atom stereocenters. The van der Waals surface area contributed by atoms with Crippen molar-refractivity contribution >= 4 is 5.69 Å². The van der Waals surface area contributed by atoms with Crippen LogP contribution in [0.1, 0.15) is 0 Å². The molecule has 0 spiro atoms. The van der Waals surface area contributed by atoms with Gasteiger partial charge in [-0.25, -0.2) is 0 Å². The molecule has 1 fully saturated rings. The first-order valence-corrected chi connectivity index (χ1v) is 8.85. The molecular weight excluding hydrogens is 332 g/mol.